The van der Waals surface area contributed by atoms with Crippen LogP contribution in [-0.4, -0.2) is 48.5 Å². The fourth-order valence-electron chi connectivity index (χ4n) is 2.76. The summed E-state index contributed by atoms with van der Waals surface area (Å²) < 4.78 is 27.2. The highest BCUT2D eigenvalue weighted by Gasteiger charge is 2.31. The molecule has 22 heavy (non-hydrogen) atoms. The maximum atomic E-state index is 12.9. The second kappa shape index (κ2) is 5.83. The summed E-state index contributed by atoms with van der Waals surface area (Å²) in [7, 11) is -3.73. The van der Waals surface area contributed by atoms with E-state index in [1.165, 1.54) is 10.4 Å². The molecular formula is C15H19N3O3S. The van der Waals surface area contributed by atoms with E-state index in [0.717, 1.165) is 13.0 Å². The molecule has 1 aromatic carbocycles. The third-order valence-corrected chi connectivity index (χ3v) is 5.83. The number of hydrogen-bond donors (Lipinski definition) is 2. The Hall–Kier alpha value is -1.70. The van der Waals surface area contributed by atoms with Gasteiger partial charge in [-0.15, -0.1) is 0 Å². The van der Waals surface area contributed by atoms with Crippen LogP contribution in [0, 0.1) is 0 Å². The molecular weight excluding hydrogens is 302 g/mol. The quantitative estimate of drug-likeness (QED) is 0.871. The number of pyridine rings is 1. The lowest BCUT2D eigenvalue weighted by atomic mass is 10.2. The van der Waals surface area contributed by atoms with Crippen LogP contribution in [0.25, 0.3) is 10.8 Å². The molecule has 1 aliphatic rings. The van der Waals surface area contributed by atoms with Crippen molar-refractivity contribution in [2.45, 2.75) is 24.4 Å². The molecule has 0 spiro atoms. The van der Waals surface area contributed by atoms with Crippen molar-refractivity contribution in [3.05, 3.63) is 30.3 Å². The van der Waals surface area contributed by atoms with Crippen molar-refractivity contribution >= 4 is 20.8 Å². The van der Waals surface area contributed by atoms with Crippen molar-refractivity contribution in [1.82, 2.24) is 14.6 Å². The van der Waals surface area contributed by atoms with Crippen LogP contribution >= 0.6 is 0 Å². The van der Waals surface area contributed by atoms with E-state index in [9.17, 15) is 13.5 Å². The lowest BCUT2D eigenvalue weighted by molar-refractivity contribution is 0.351. The number of nitrogens with zero attached hydrogens (tertiary/aromatic N) is 2. The van der Waals surface area contributed by atoms with Crippen LogP contribution in [0.5, 0.6) is 5.88 Å². The van der Waals surface area contributed by atoms with Crippen molar-refractivity contribution in [2.24, 2.45) is 0 Å². The van der Waals surface area contributed by atoms with Crippen LogP contribution < -0.4 is 5.32 Å². The maximum Gasteiger partial charge on any atom is 0.260 e. The molecule has 1 unspecified atom stereocenters. The van der Waals surface area contributed by atoms with E-state index in [0.29, 0.717) is 23.9 Å². The molecule has 1 fully saturated rings. The fraction of sp³-hybridized carbons (Fsp3) is 0.400. The van der Waals surface area contributed by atoms with Gasteiger partial charge in [-0.3, -0.25) is 0 Å². The SMILES string of the molecule is CC1CNCCCN1S(=O)(=O)c1cc2ccccc2c(O)n1. The zero-order valence-electron chi connectivity index (χ0n) is 12.4. The molecule has 0 radical (unpaired) electrons. The zero-order valence-corrected chi connectivity index (χ0v) is 13.2. The topological polar surface area (TPSA) is 82.5 Å². The third-order valence-electron chi connectivity index (χ3n) is 3.93. The number of benzene rings is 1. The molecule has 0 bridgehead atoms. The smallest absolute Gasteiger partial charge is 0.260 e. The van der Waals surface area contributed by atoms with E-state index in [1.54, 1.807) is 24.3 Å². The number of nitrogens with one attached hydrogen (secondary N) is 1. The molecule has 2 aromatic rings. The van der Waals surface area contributed by atoms with Crippen molar-refractivity contribution in [1.29, 1.82) is 0 Å². The van der Waals surface area contributed by atoms with E-state index in [2.05, 4.69) is 10.3 Å². The Balaban J connectivity index is 2.08. The third kappa shape index (κ3) is 2.67. The lowest BCUT2D eigenvalue weighted by Gasteiger charge is -2.25. The molecule has 3 rings (SSSR count). The van der Waals surface area contributed by atoms with E-state index >= 15 is 0 Å². The Labute approximate surface area is 129 Å². The van der Waals surface area contributed by atoms with Crippen LogP contribution in [0.4, 0.5) is 0 Å². The van der Waals surface area contributed by atoms with E-state index in [4.69, 9.17) is 0 Å². The number of aromatic nitrogens is 1. The largest absolute Gasteiger partial charge is 0.493 e. The van der Waals surface area contributed by atoms with E-state index < -0.39 is 10.0 Å². The highest BCUT2D eigenvalue weighted by Crippen LogP contribution is 2.27. The number of aromatic hydroxyl groups is 1. The molecule has 2 heterocycles. The molecule has 118 valence electrons. The normalized spacial score (nSPS) is 20.9. The van der Waals surface area contributed by atoms with Gasteiger partial charge in [0.1, 0.15) is 0 Å². The summed E-state index contributed by atoms with van der Waals surface area (Å²) in [5.74, 6) is -0.253. The first-order valence-electron chi connectivity index (χ1n) is 7.31. The summed E-state index contributed by atoms with van der Waals surface area (Å²) in [6.07, 6.45) is 0.753. The second-order valence-electron chi connectivity index (χ2n) is 5.53. The molecule has 0 aliphatic carbocycles. The summed E-state index contributed by atoms with van der Waals surface area (Å²) in [6.45, 7) is 3.73. The Kier molecular flexibility index (Phi) is 4.03. The van der Waals surface area contributed by atoms with Crippen molar-refractivity contribution < 1.29 is 13.5 Å². The minimum absolute atomic E-state index is 0.0996. The highest BCUT2D eigenvalue weighted by atomic mass is 32.2. The number of fused-ring (bicyclic) bond motifs is 1. The van der Waals surface area contributed by atoms with Gasteiger partial charge in [0.2, 0.25) is 5.88 Å². The first kappa shape index (κ1) is 15.2. The molecule has 1 aromatic heterocycles. The summed E-state index contributed by atoms with van der Waals surface area (Å²) in [6, 6.07) is 8.44. The molecule has 2 N–H and O–H groups in total. The van der Waals surface area contributed by atoms with Gasteiger partial charge in [0.05, 0.1) is 0 Å². The highest BCUT2D eigenvalue weighted by molar-refractivity contribution is 7.89. The number of sulfonamides is 1. The molecule has 7 heteroatoms. The average molecular weight is 321 g/mol. The van der Waals surface area contributed by atoms with Gasteiger partial charge in [-0.05, 0) is 37.4 Å². The van der Waals surface area contributed by atoms with Crippen LogP contribution in [-0.2, 0) is 10.0 Å². The second-order valence-corrected chi connectivity index (χ2v) is 7.37. The molecule has 1 saturated heterocycles. The van der Waals surface area contributed by atoms with Gasteiger partial charge in [0, 0.05) is 24.5 Å². The van der Waals surface area contributed by atoms with Gasteiger partial charge in [-0.1, -0.05) is 18.2 Å². The summed E-state index contributed by atoms with van der Waals surface area (Å²) in [5, 5.41) is 14.4. The van der Waals surface area contributed by atoms with Crippen LogP contribution in [0.1, 0.15) is 13.3 Å². The van der Waals surface area contributed by atoms with Crippen molar-refractivity contribution in [3.63, 3.8) is 0 Å². The predicted molar refractivity (Wildman–Crippen MR) is 84.2 cm³/mol. The first-order chi connectivity index (χ1) is 10.5. The molecule has 1 atom stereocenters. The lowest BCUT2D eigenvalue weighted by Crippen LogP contribution is -2.41. The Bertz CT molecular complexity index is 792. The minimum atomic E-state index is -3.73. The monoisotopic (exact) mass is 321 g/mol. The van der Waals surface area contributed by atoms with Gasteiger partial charge in [-0.25, -0.2) is 8.42 Å². The Morgan fingerprint density at radius 3 is 2.95 bits per heavy atom. The fourth-order valence-corrected chi connectivity index (χ4v) is 4.39. The maximum absolute atomic E-state index is 12.9. The van der Waals surface area contributed by atoms with Gasteiger partial charge in [0.25, 0.3) is 10.0 Å². The van der Waals surface area contributed by atoms with E-state index in [-0.39, 0.29) is 16.9 Å². The Morgan fingerprint density at radius 2 is 2.14 bits per heavy atom. The van der Waals surface area contributed by atoms with Crippen LogP contribution in [0.15, 0.2) is 35.4 Å². The van der Waals surface area contributed by atoms with Crippen LogP contribution in [0.3, 0.4) is 0 Å². The standard InChI is InChI=1S/C15H19N3O3S/c1-11-10-16-7-4-8-18(11)22(20,21)14-9-12-5-2-3-6-13(12)15(19)17-14/h2-3,5-6,9,11,16H,4,7-8,10H2,1H3,(H,17,19). The van der Waals surface area contributed by atoms with Crippen LogP contribution in [0.2, 0.25) is 0 Å². The molecule has 0 amide bonds. The predicted octanol–water partition coefficient (Wildman–Crippen LogP) is 1.31. The summed E-state index contributed by atoms with van der Waals surface area (Å²) in [4.78, 5) is 3.92. The average Bonchev–Trinajstić information content (AvgIpc) is 2.72. The summed E-state index contributed by atoms with van der Waals surface area (Å²) >= 11 is 0. The summed E-state index contributed by atoms with van der Waals surface area (Å²) in [5.41, 5.74) is 0. The van der Waals surface area contributed by atoms with Crippen molar-refractivity contribution in [3.8, 4) is 5.88 Å². The van der Waals surface area contributed by atoms with Gasteiger partial charge < -0.3 is 10.4 Å². The number of rotatable bonds is 2. The van der Waals surface area contributed by atoms with Gasteiger partial charge in [0.15, 0.2) is 5.03 Å². The van der Waals surface area contributed by atoms with Crippen molar-refractivity contribution in [2.75, 3.05) is 19.6 Å². The molecule has 6 nitrogen and oxygen atoms in total. The molecule has 1 aliphatic heterocycles. The van der Waals surface area contributed by atoms with Gasteiger partial charge in [-0.2, -0.15) is 9.29 Å². The zero-order chi connectivity index (χ0) is 15.7. The van der Waals surface area contributed by atoms with Gasteiger partial charge >= 0.3 is 0 Å². The van der Waals surface area contributed by atoms with E-state index in [1.807, 2.05) is 6.92 Å². The first-order valence-corrected chi connectivity index (χ1v) is 8.75. The molecule has 0 saturated carbocycles. The minimum Gasteiger partial charge on any atom is -0.493 e. The Morgan fingerprint density at radius 1 is 1.36 bits per heavy atom. The number of hydrogen-bond acceptors (Lipinski definition) is 5.